The summed E-state index contributed by atoms with van der Waals surface area (Å²) in [6.07, 6.45) is 5.52. The molecule has 0 saturated carbocycles. The van der Waals surface area contributed by atoms with Crippen LogP contribution < -0.4 is 5.73 Å². The first-order chi connectivity index (χ1) is 7.16. The zero-order chi connectivity index (χ0) is 10.8. The van der Waals surface area contributed by atoms with E-state index in [-0.39, 0.29) is 11.9 Å². The molecule has 2 heteroatoms. The number of benzene rings is 1. The van der Waals surface area contributed by atoms with E-state index in [4.69, 9.17) is 5.73 Å². The third-order valence-corrected chi connectivity index (χ3v) is 2.90. The molecule has 1 atom stereocenters. The molecule has 1 unspecified atom stereocenters. The molecule has 1 aromatic carbocycles. The van der Waals surface area contributed by atoms with Crippen LogP contribution in [-0.2, 0) is 0 Å². The second-order valence-electron chi connectivity index (χ2n) is 4.21. The molecule has 80 valence electrons. The maximum atomic E-state index is 13.2. The van der Waals surface area contributed by atoms with Crippen LogP contribution in [-0.4, -0.2) is 0 Å². The number of hydrogen-bond donors (Lipinski definition) is 1. The fraction of sp³-hybridized carbons (Fsp3) is 0.385. The lowest BCUT2D eigenvalue weighted by Gasteiger charge is -2.14. The third kappa shape index (κ3) is 2.26. The van der Waals surface area contributed by atoms with Gasteiger partial charge in [0.25, 0.3) is 0 Å². The number of allylic oxidation sites excluding steroid dienone is 1. The monoisotopic (exact) mass is 205 g/mol. The SMILES string of the molecule is Cc1cc(F)cc(C(N)C2=CCCC2)c1. The Bertz CT molecular complexity index is 375. The highest BCUT2D eigenvalue weighted by molar-refractivity contribution is 5.32. The van der Waals surface area contributed by atoms with Crippen LogP contribution in [0.2, 0.25) is 0 Å². The first-order valence-electron chi connectivity index (χ1n) is 5.38. The largest absolute Gasteiger partial charge is 0.321 e. The summed E-state index contributed by atoms with van der Waals surface area (Å²) in [6, 6.07) is 4.91. The highest BCUT2D eigenvalue weighted by Crippen LogP contribution is 2.29. The molecule has 0 spiro atoms. The molecule has 2 N–H and O–H groups in total. The summed E-state index contributed by atoms with van der Waals surface area (Å²) in [5.74, 6) is -0.195. The van der Waals surface area contributed by atoms with Gasteiger partial charge in [0.2, 0.25) is 0 Å². The molecule has 0 aromatic heterocycles. The average Bonchev–Trinajstić information content (AvgIpc) is 2.67. The van der Waals surface area contributed by atoms with E-state index in [0.29, 0.717) is 0 Å². The van der Waals surface area contributed by atoms with Crippen LogP contribution in [0.1, 0.15) is 36.4 Å². The maximum absolute atomic E-state index is 13.2. The quantitative estimate of drug-likeness (QED) is 0.737. The minimum Gasteiger partial charge on any atom is -0.321 e. The summed E-state index contributed by atoms with van der Waals surface area (Å²) in [6.45, 7) is 1.89. The number of halogens is 1. The Morgan fingerprint density at radius 2 is 2.13 bits per heavy atom. The Morgan fingerprint density at radius 1 is 1.33 bits per heavy atom. The molecule has 1 aromatic rings. The lowest BCUT2D eigenvalue weighted by molar-refractivity contribution is 0.621. The van der Waals surface area contributed by atoms with Crippen molar-refractivity contribution in [2.75, 3.05) is 0 Å². The van der Waals surface area contributed by atoms with E-state index in [1.165, 1.54) is 24.1 Å². The van der Waals surface area contributed by atoms with E-state index in [0.717, 1.165) is 24.0 Å². The van der Waals surface area contributed by atoms with Crippen molar-refractivity contribution in [2.24, 2.45) is 5.73 Å². The first kappa shape index (κ1) is 10.4. The van der Waals surface area contributed by atoms with E-state index in [9.17, 15) is 4.39 Å². The van der Waals surface area contributed by atoms with Crippen molar-refractivity contribution in [3.63, 3.8) is 0 Å². The van der Waals surface area contributed by atoms with Crippen LogP contribution in [0.25, 0.3) is 0 Å². The van der Waals surface area contributed by atoms with Crippen molar-refractivity contribution in [1.29, 1.82) is 0 Å². The van der Waals surface area contributed by atoms with Crippen LogP contribution >= 0.6 is 0 Å². The highest BCUT2D eigenvalue weighted by atomic mass is 19.1. The second kappa shape index (κ2) is 4.15. The van der Waals surface area contributed by atoms with Gasteiger partial charge in [-0.2, -0.15) is 0 Å². The van der Waals surface area contributed by atoms with Crippen molar-refractivity contribution in [3.05, 3.63) is 46.8 Å². The lowest BCUT2D eigenvalue weighted by Crippen LogP contribution is -2.12. The number of rotatable bonds is 2. The molecule has 1 aliphatic rings. The van der Waals surface area contributed by atoms with Gasteiger partial charge in [-0.05, 0) is 49.4 Å². The highest BCUT2D eigenvalue weighted by Gasteiger charge is 2.15. The molecule has 2 rings (SSSR count). The molecular weight excluding hydrogens is 189 g/mol. The van der Waals surface area contributed by atoms with Crippen molar-refractivity contribution in [3.8, 4) is 0 Å². The van der Waals surface area contributed by atoms with E-state index in [1.54, 1.807) is 0 Å². The molecule has 0 aliphatic heterocycles. The van der Waals surface area contributed by atoms with Gasteiger partial charge in [0.1, 0.15) is 5.82 Å². The van der Waals surface area contributed by atoms with Gasteiger partial charge in [-0.1, -0.05) is 17.7 Å². The van der Waals surface area contributed by atoms with E-state index < -0.39 is 0 Å². The maximum Gasteiger partial charge on any atom is 0.123 e. The standard InChI is InChI=1S/C13H16FN/c1-9-6-11(8-12(14)7-9)13(15)10-4-2-3-5-10/h4,6-8,13H,2-3,5,15H2,1H3. The molecule has 0 heterocycles. The average molecular weight is 205 g/mol. The van der Waals surface area contributed by atoms with Crippen molar-refractivity contribution in [2.45, 2.75) is 32.2 Å². The minimum atomic E-state index is -0.195. The van der Waals surface area contributed by atoms with Gasteiger partial charge in [-0.3, -0.25) is 0 Å². The van der Waals surface area contributed by atoms with Crippen LogP contribution in [0.5, 0.6) is 0 Å². The van der Waals surface area contributed by atoms with Crippen LogP contribution in [0, 0.1) is 12.7 Å². The van der Waals surface area contributed by atoms with Gasteiger partial charge in [-0.15, -0.1) is 0 Å². The summed E-state index contributed by atoms with van der Waals surface area (Å²) in [4.78, 5) is 0. The summed E-state index contributed by atoms with van der Waals surface area (Å²) in [5.41, 5.74) is 9.17. The molecule has 0 radical (unpaired) electrons. The van der Waals surface area contributed by atoms with Gasteiger partial charge in [0, 0.05) is 0 Å². The van der Waals surface area contributed by atoms with Gasteiger partial charge in [0.15, 0.2) is 0 Å². The summed E-state index contributed by atoms with van der Waals surface area (Å²) in [7, 11) is 0. The molecule has 1 aliphatic carbocycles. The van der Waals surface area contributed by atoms with Gasteiger partial charge in [-0.25, -0.2) is 4.39 Å². The first-order valence-corrected chi connectivity index (χ1v) is 5.38. The Balaban J connectivity index is 2.28. The second-order valence-corrected chi connectivity index (χ2v) is 4.21. The zero-order valence-corrected chi connectivity index (χ0v) is 8.96. The number of nitrogens with two attached hydrogens (primary N) is 1. The van der Waals surface area contributed by atoms with Crippen molar-refractivity contribution >= 4 is 0 Å². The van der Waals surface area contributed by atoms with Crippen LogP contribution in [0.4, 0.5) is 4.39 Å². The predicted molar refractivity (Wildman–Crippen MR) is 60.0 cm³/mol. The fourth-order valence-electron chi connectivity index (χ4n) is 2.14. The number of hydrogen-bond acceptors (Lipinski definition) is 1. The smallest absolute Gasteiger partial charge is 0.123 e. The molecule has 1 nitrogen and oxygen atoms in total. The van der Waals surface area contributed by atoms with Gasteiger partial charge in [0.05, 0.1) is 6.04 Å². The van der Waals surface area contributed by atoms with E-state index in [1.807, 2.05) is 13.0 Å². The Labute approximate surface area is 89.8 Å². The minimum absolute atomic E-state index is 0.123. The summed E-state index contributed by atoms with van der Waals surface area (Å²) >= 11 is 0. The zero-order valence-electron chi connectivity index (χ0n) is 8.96. The fourth-order valence-corrected chi connectivity index (χ4v) is 2.14. The molecule has 0 saturated heterocycles. The topological polar surface area (TPSA) is 26.0 Å². The molecule has 15 heavy (non-hydrogen) atoms. The molecular formula is C13H16FN. The number of aryl methyl sites for hydroxylation is 1. The normalized spacial score (nSPS) is 17.7. The van der Waals surface area contributed by atoms with Crippen molar-refractivity contribution < 1.29 is 4.39 Å². The predicted octanol–water partition coefficient (Wildman–Crippen LogP) is 3.24. The Morgan fingerprint density at radius 3 is 2.73 bits per heavy atom. The lowest BCUT2D eigenvalue weighted by atomic mass is 9.97. The summed E-state index contributed by atoms with van der Waals surface area (Å²) < 4.78 is 13.2. The molecule has 0 amide bonds. The van der Waals surface area contributed by atoms with Gasteiger partial charge < -0.3 is 5.73 Å². The Hall–Kier alpha value is -1.15. The Kier molecular flexibility index (Phi) is 2.87. The molecule has 0 fully saturated rings. The van der Waals surface area contributed by atoms with E-state index in [2.05, 4.69) is 6.08 Å². The van der Waals surface area contributed by atoms with Crippen molar-refractivity contribution in [1.82, 2.24) is 0 Å². The summed E-state index contributed by atoms with van der Waals surface area (Å²) in [5, 5.41) is 0. The van der Waals surface area contributed by atoms with Crippen LogP contribution in [0.15, 0.2) is 29.8 Å². The molecule has 0 bridgehead atoms. The van der Waals surface area contributed by atoms with Crippen LogP contribution in [0.3, 0.4) is 0 Å². The third-order valence-electron chi connectivity index (χ3n) is 2.90. The van der Waals surface area contributed by atoms with Gasteiger partial charge >= 0.3 is 0 Å². The van der Waals surface area contributed by atoms with E-state index >= 15 is 0 Å².